The van der Waals surface area contributed by atoms with Gasteiger partial charge in [0.05, 0.1) is 32.8 Å². The summed E-state index contributed by atoms with van der Waals surface area (Å²) in [6, 6.07) is 54.8. The molecule has 11 rings (SSSR count). The third-order valence-corrected chi connectivity index (χ3v) is 12.3. The SMILES string of the molecule is [2H]c1c(N(c2ccc(-c3nc4ccccc4s3)cc2)c2ccc(-c3nc4ccccc4s3)cc2)ccc2cc(-c3ccnc4ccc5ncccc5c34)ccc12. The third kappa shape index (κ3) is 5.60. The number of hydrogen-bond acceptors (Lipinski definition) is 7. The molecule has 0 spiro atoms. The van der Waals surface area contributed by atoms with Crippen LogP contribution in [0.15, 0.2) is 176 Å². The van der Waals surface area contributed by atoms with Crippen molar-refractivity contribution in [1.82, 2.24) is 19.9 Å². The van der Waals surface area contributed by atoms with Gasteiger partial charge < -0.3 is 4.90 Å². The number of para-hydroxylation sites is 2. The Hall–Kier alpha value is -6.80. The van der Waals surface area contributed by atoms with Gasteiger partial charge in [0.2, 0.25) is 0 Å². The average Bonchev–Trinajstić information content (AvgIpc) is 3.90. The molecule has 0 amide bonds. The van der Waals surface area contributed by atoms with Crippen molar-refractivity contribution in [2.45, 2.75) is 0 Å². The fourth-order valence-corrected chi connectivity index (χ4v) is 9.38. The predicted molar refractivity (Wildman–Crippen MR) is 232 cm³/mol. The smallest absolute Gasteiger partial charge is 0.124 e. The summed E-state index contributed by atoms with van der Waals surface area (Å²) in [5.74, 6) is 0. The summed E-state index contributed by atoms with van der Waals surface area (Å²) in [5, 5.41) is 5.99. The molecule has 0 bridgehead atoms. The molecule has 0 aliphatic carbocycles. The third-order valence-electron chi connectivity index (χ3n) is 10.1. The number of aromatic nitrogens is 4. The number of thiazole rings is 2. The monoisotopic (exact) mass is 740 g/mol. The molecule has 4 heterocycles. The van der Waals surface area contributed by atoms with E-state index in [-0.39, 0.29) is 0 Å². The lowest BCUT2D eigenvalue weighted by Gasteiger charge is -2.26. The zero-order valence-electron chi connectivity index (χ0n) is 30.2. The van der Waals surface area contributed by atoms with Gasteiger partial charge in [-0.3, -0.25) is 9.97 Å². The quantitative estimate of drug-likeness (QED) is 0.159. The van der Waals surface area contributed by atoms with Crippen molar-refractivity contribution >= 4 is 92.7 Å². The number of benzene rings is 7. The van der Waals surface area contributed by atoms with Gasteiger partial charge in [-0.15, -0.1) is 22.7 Å². The van der Waals surface area contributed by atoms with Crippen molar-refractivity contribution in [3.63, 3.8) is 0 Å². The highest BCUT2D eigenvalue weighted by atomic mass is 32.1. The second kappa shape index (κ2) is 13.0. The average molecular weight is 741 g/mol. The Morgan fingerprint density at radius 3 is 1.71 bits per heavy atom. The van der Waals surface area contributed by atoms with E-state index in [0.29, 0.717) is 6.04 Å². The minimum absolute atomic E-state index is 0.453. The standard InChI is InChI=1S/C48H29N5S2/c1-3-9-44-41(7-1)51-47(54-44)30-13-18-35(19-14-30)53(36-20-15-31(16-21-36)48-52-42-8-2-4-10-45(42)55-48)37-22-17-32-28-34(12-11-33(32)29-37)38-25-27-50-43-24-23-40-39(46(38)43)6-5-26-49-40/h1-29H/i29D. The van der Waals surface area contributed by atoms with Crippen molar-refractivity contribution < 1.29 is 1.37 Å². The van der Waals surface area contributed by atoms with Crippen molar-refractivity contribution in [3.8, 4) is 32.3 Å². The number of fused-ring (bicyclic) bond motifs is 6. The summed E-state index contributed by atoms with van der Waals surface area (Å²) >= 11 is 3.39. The van der Waals surface area contributed by atoms with Crippen LogP contribution in [0.4, 0.5) is 17.1 Å². The van der Waals surface area contributed by atoms with Crippen LogP contribution in [0, 0.1) is 0 Å². The highest BCUT2D eigenvalue weighted by Crippen LogP contribution is 2.41. The number of rotatable bonds is 6. The molecule has 11 aromatic rings. The van der Waals surface area contributed by atoms with Crippen LogP contribution in [0.5, 0.6) is 0 Å². The van der Waals surface area contributed by atoms with Crippen LogP contribution in [0.1, 0.15) is 1.37 Å². The molecule has 0 N–H and O–H groups in total. The highest BCUT2D eigenvalue weighted by molar-refractivity contribution is 7.22. The fourth-order valence-electron chi connectivity index (χ4n) is 7.43. The normalized spacial score (nSPS) is 11.9. The van der Waals surface area contributed by atoms with Crippen LogP contribution in [0.3, 0.4) is 0 Å². The first-order valence-corrected chi connectivity index (χ1v) is 19.7. The first-order valence-electron chi connectivity index (χ1n) is 18.5. The number of pyridine rings is 2. The van der Waals surface area contributed by atoms with Gasteiger partial charge in [-0.1, -0.05) is 48.5 Å². The Bertz CT molecular complexity index is 3100. The molecule has 4 aromatic heterocycles. The lowest BCUT2D eigenvalue weighted by atomic mass is 9.96. The molecule has 55 heavy (non-hydrogen) atoms. The van der Waals surface area contributed by atoms with Gasteiger partial charge in [0.15, 0.2) is 0 Å². The van der Waals surface area contributed by atoms with Crippen molar-refractivity contribution in [2.75, 3.05) is 4.90 Å². The van der Waals surface area contributed by atoms with Crippen molar-refractivity contribution in [3.05, 3.63) is 176 Å². The second-order valence-corrected chi connectivity index (χ2v) is 15.5. The van der Waals surface area contributed by atoms with Crippen LogP contribution in [-0.4, -0.2) is 19.9 Å². The summed E-state index contributed by atoms with van der Waals surface area (Å²) in [5.41, 5.74) is 10.9. The Balaban J connectivity index is 1.02. The summed E-state index contributed by atoms with van der Waals surface area (Å²) in [7, 11) is 0. The number of anilines is 3. The summed E-state index contributed by atoms with van der Waals surface area (Å²) in [4.78, 5) is 21.3. The van der Waals surface area contributed by atoms with Crippen LogP contribution in [0.25, 0.3) is 85.3 Å². The molecule has 0 fully saturated rings. The second-order valence-electron chi connectivity index (χ2n) is 13.4. The zero-order chi connectivity index (χ0) is 37.2. The number of hydrogen-bond donors (Lipinski definition) is 0. The summed E-state index contributed by atoms with van der Waals surface area (Å²) in [6.07, 6.45) is 3.69. The molecule has 0 aliphatic rings. The van der Waals surface area contributed by atoms with Gasteiger partial charge in [0.25, 0.3) is 0 Å². The van der Waals surface area contributed by atoms with E-state index in [1.807, 2.05) is 42.7 Å². The topological polar surface area (TPSA) is 54.8 Å². The molecule has 0 unspecified atom stereocenters. The molecule has 258 valence electrons. The van der Waals surface area contributed by atoms with Gasteiger partial charge >= 0.3 is 0 Å². The van der Waals surface area contributed by atoms with Gasteiger partial charge in [0, 0.05) is 51.4 Å². The number of nitrogens with zero attached hydrogens (tertiary/aromatic N) is 5. The zero-order valence-corrected chi connectivity index (χ0v) is 30.9. The molecule has 0 radical (unpaired) electrons. The largest absolute Gasteiger partial charge is 0.310 e. The minimum atomic E-state index is 0.453. The molecular weight excluding hydrogens is 711 g/mol. The van der Waals surface area contributed by atoms with E-state index >= 15 is 0 Å². The maximum absolute atomic E-state index is 9.68. The molecule has 0 saturated heterocycles. The van der Waals surface area contributed by atoms with Gasteiger partial charge in [-0.2, -0.15) is 0 Å². The van der Waals surface area contributed by atoms with Crippen LogP contribution in [0.2, 0.25) is 0 Å². The van der Waals surface area contributed by atoms with E-state index in [1.54, 1.807) is 22.7 Å². The Morgan fingerprint density at radius 2 is 1.04 bits per heavy atom. The molecule has 0 aliphatic heterocycles. The van der Waals surface area contributed by atoms with Crippen LogP contribution < -0.4 is 4.90 Å². The van der Waals surface area contributed by atoms with E-state index in [0.717, 1.165) is 92.9 Å². The maximum Gasteiger partial charge on any atom is 0.124 e. The Labute approximate surface area is 325 Å². The highest BCUT2D eigenvalue weighted by Gasteiger charge is 2.17. The van der Waals surface area contributed by atoms with E-state index < -0.39 is 0 Å². The summed E-state index contributed by atoms with van der Waals surface area (Å²) < 4.78 is 12.0. The Morgan fingerprint density at radius 1 is 0.455 bits per heavy atom. The van der Waals surface area contributed by atoms with Gasteiger partial charge in [0.1, 0.15) is 10.0 Å². The van der Waals surface area contributed by atoms with Crippen LogP contribution in [-0.2, 0) is 0 Å². The van der Waals surface area contributed by atoms with E-state index in [1.165, 1.54) is 9.40 Å². The van der Waals surface area contributed by atoms with Crippen molar-refractivity contribution in [2.24, 2.45) is 0 Å². The molecule has 0 saturated carbocycles. The van der Waals surface area contributed by atoms with E-state index in [2.05, 4.69) is 142 Å². The van der Waals surface area contributed by atoms with Crippen molar-refractivity contribution in [1.29, 1.82) is 0 Å². The Kier molecular flexibility index (Phi) is 7.21. The lowest BCUT2D eigenvalue weighted by Crippen LogP contribution is -2.09. The van der Waals surface area contributed by atoms with Crippen LogP contribution >= 0.6 is 22.7 Å². The molecule has 7 aromatic carbocycles. The predicted octanol–water partition coefficient (Wildman–Crippen LogP) is 13.6. The van der Waals surface area contributed by atoms with Gasteiger partial charge in [-0.05, 0) is 137 Å². The maximum atomic E-state index is 9.68. The first kappa shape index (κ1) is 30.6. The minimum Gasteiger partial charge on any atom is -0.310 e. The van der Waals surface area contributed by atoms with E-state index in [4.69, 9.17) is 9.97 Å². The molecule has 7 heteroatoms. The van der Waals surface area contributed by atoms with E-state index in [9.17, 15) is 1.37 Å². The van der Waals surface area contributed by atoms with Gasteiger partial charge in [-0.25, -0.2) is 9.97 Å². The lowest BCUT2D eigenvalue weighted by molar-refractivity contribution is 1.29. The fraction of sp³-hybridized carbons (Fsp3) is 0. The first-order chi connectivity index (χ1) is 27.6. The molecule has 5 nitrogen and oxygen atoms in total. The molecule has 0 atom stereocenters. The molecular formula is C48H29N5S2. The summed E-state index contributed by atoms with van der Waals surface area (Å²) in [6.45, 7) is 0.